The second kappa shape index (κ2) is 13.4. The Bertz CT molecular complexity index is 1800. The Hall–Kier alpha value is -4.54. The van der Waals surface area contributed by atoms with Crippen molar-refractivity contribution in [3.05, 3.63) is 87.0 Å². The number of thiophene rings is 1. The Kier molecular flexibility index (Phi) is 9.19. The summed E-state index contributed by atoms with van der Waals surface area (Å²) in [4.78, 5) is 45.4. The van der Waals surface area contributed by atoms with Gasteiger partial charge in [0.2, 0.25) is 0 Å². The lowest BCUT2D eigenvalue weighted by molar-refractivity contribution is 0.0691. The summed E-state index contributed by atoms with van der Waals surface area (Å²) in [5.74, 6) is -1.55. The van der Waals surface area contributed by atoms with Gasteiger partial charge in [-0.15, -0.1) is 11.3 Å². The van der Waals surface area contributed by atoms with Crippen LogP contribution < -0.4 is 21.1 Å². The average Bonchev–Trinajstić information content (AvgIpc) is 3.25. The van der Waals surface area contributed by atoms with Crippen molar-refractivity contribution >= 4 is 34.8 Å². The number of aryl methyl sites for hydroxylation is 2. The molecule has 5 N–H and O–H groups in total. The van der Waals surface area contributed by atoms with Crippen molar-refractivity contribution < 1.29 is 24.2 Å². The second-order valence-electron chi connectivity index (χ2n) is 12.1. The highest BCUT2D eigenvalue weighted by molar-refractivity contribution is 7.13. The van der Waals surface area contributed by atoms with Gasteiger partial charge in [0.25, 0.3) is 11.8 Å². The molecule has 0 bridgehead atoms. The van der Waals surface area contributed by atoms with Gasteiger partial charge in [0.15, 0.2) is 5.69 Å². The number of anilines is 1. The van der Waals surface area contributed by atoms with E-state index in [0.29, 0.717) is 36.6 Å². The molecule has 10 heteroatoms. The van der Waals surface area contributed by atoms with E-state index in [1.807, 2.05) is 31.4 Å². The summed E-state index contributed by atoms with van der Waals surface area (Å²) in [7, 11) is 0. The van der Waals surface area contributed by atoms with Crippen LogP contribution >= 0.6 is 11.3 Å². The van der Waals surface area contributed by atoms with Crippen LogP contribution in [-0.2, 0) is 13.0 Å². The van der Waals surface area contributed by atoms with Crippen LogP contribution in [0.4, 0.5) is 5.69 Å². The molecule has 0 unspecified atom stereocenters. The van der Waals surface area contributed by atoms with E-state index in [-0.39, 0.29) is 28.6 Å². The minimum absolute atomic E-state index is 0.0249. The summed E-state index contributed by atoms with van der Waals surface area (Å²) in [6.45, 7) is 4.65. The van der Waals surface area contributed by atoms with E-state index < -0.39 is 17.8 Å². The number of ether oxygens (including phenoxy) is 1. The van der Waals surface area contributed by atoms with Crippen molar-refractivity contribution in [2.45, 2.75) is 71.4 Å². The summed E-state index contributed by atoms with van der Waals surface area (Å²) in [5, 5.41) is 18.5. The standard InChI is InChI=1S/C36H38N4O5S/c1-20-15-22(19-37)16-21(2)31(20)40-34(41)27-17-28-30(45-13-11-23-12-14-46-33(23)28)18-26(27)25-9-10-29(39-32(25)36(43)44)35(42)38-24-7-5-3-4-6-8-24/h9-10,12,14-18,24H,3-8,11,13,19,37H2,1-2H3,(H,38,42)(H,40,41)(H,43,44). The summed E-state index contributed by atoms with van der Waals surface area (Å²) < 4.78 is 6.16. The maximum atomic E-state index is 14.2. The average molecular weight is 639 g/mol. The lowest BCUT2D eigenvalue weighted by Gasteiger charge is -2.19. The fraction of sp³-hybridized carbons (Fsp3) is 0.333. The number of pyridine rings is 1. The van der Waals surface area contributed by atoms with Gasteiger partial charge in [0, 0.05) is 51.8 Å². The number of hydrogen-bond donors (Lipinski definition) is 4. The predicted octanol–water partition coefficient (Wildman–Crippen LogP) is 6.89. The smallest absolute Gasteiger partial charge is 0.355 e. The molecule has 3 heterocycles. The van der Waals surface area contributed by atoms with Gasteiger partial charge in [-0.05, 0) is 84.7 Å². The predicted molar refractivity (Wildman–Crippen MR) is 180 cm³/mol. The van der Waals surface area contributed by atoms with E-state index >= 15 is 0 Å². The van der Waals surface area contributed by atoms with Gasteiger partial charge >= 0.3 is 5.97 Å². The summed E-state index contributed by atoms with van der Waals surface area (Å²) in [6.07, 6.45) is 6.89. The van der Waals surface area contributed by atoms with Crippen LogP contribution in [0.15, 0.2) is 47.8 Å². The third-order valence-corrected chi connectivity index (χ3v) is 9.85. The van der Waals surface area contributed by atoms with Gasteiger partial charge in [-0.25, -0.2) is 9.78 Å². The normalized spacial score (nSPS) is 14.7. The Balaban J connectivity index is 1.45. The van der Waals surface area contributed by atoms with Crippen molar-refractivity contribution in [1.29, 1.82) is 0 Å². The van der Waals surface area contributed by atoms with Gasteiger partial charge in [-0.2, -0.15) is 0 Å². The molecule has 1 aliphatic carbocycles. The number of rotatable bonds is 7. The Morgan fingerprint density at radius 3 is 2.39 bits per heavy atom. The van der Waals surface area contributed by atoms with Gasteiger partial charge in [0.05, 0.1) is 6.61 Å². The van der Waals surface area contributed by atoms with Crippen molar-refractivity contribution in [3.8, 4) is 27.3 Å². The van der Waals surface area contributed by atoms with Crippen LogP contribution in [0.1, 0.15) is 92.1 Å². The second-order valence-corrected chi connectivity index (χ2v) is 13.0. The van der Waals surface area contributed by atoms with Crippen LogP contribution in [0, 0.1) is 13.8 Å². The van der Waals surface area contributed by atoms with Crippen LogP contribution in [0.2, 0.25) is 0 Å². The Labute approximate surface area is 272 Å². The number of aromatic carboxylic acids is 1. The molecule has 0 radical (unpaired) electrons. The van der Waals surface area contributed by atoms with E-state index in [1.54, 1.807) is 29.5 Å². The Morgan fingerprint density at radius 2 is 1.70 bits per heavy atom. The first-order valence-electron chi connectivity index (χ1n) is 15.8. The van der Waals surface area contributed by atoms with E-state index in [2.05, 4.69) is 21.7 Å². The molecule has 46 heavy (non-hydrogen) atoms. The molecule has 0 spiro atoms. The highest BCUT2D eigenvalue weighted by atomic mass is 32.1. The molecule has 0 saturated heterocycles. The summed E-state index contributed by atoms with van der Waals surface area (Å²) >= 11 is 1.57. The summed E-state index contributed by atoms with van der Waals surface area (Å²) in [5.41, 5.74) is 11.7. The summed E-state index contributed by atoms with van der Waals surface area (Å²) in [6, 6.07) is 12.6. The minimum atomic E-state index is -1.30. The molecule has 238 valence electrons. The molecule has 6 rings (SSSR count). The van der Waals surface area contributed by atoms with Crippen molar-refractivity contribution in [2.75, 3.05) is 11.9 Å². The van der Waals surface area contributed by atoms with E-state index in [0.717, 1.165) is 71.2 Å². The third-order valence-electron chi connectivity index (χ3n) is 8.86. The number of carboxylic acids is 1. The number of nitrogens with two attached hydrogens (primary N) is 1. The number of carboxylic acid groups (broad SMARTS) is 1. The first kappa shape index (κ1) is 31.4. The SMILES string of the molecule is Cc1cc(CN)cc(C)c1NC(=O)c1cc2c(cc1-c1ccc(C(=O)NC3CCCCCC3)nc1C(=O)O)OCCc1ccsc1-2. The van der Waals surface area contributed by atoms with Crippen molar-refractivity contribution in [3.63, 3.8) is 0 Å². The molecular weight excluding hydrogens is 600 g/mol. The van der Waals surface area contributed by atoms with Crippen molar-refractivity contribution in [2.24, 2.45) is 5.73 Å². The molecule has 1 fully saturated rings. The van der Waals surface area contributed by atoms with Crippen LogP contribution in [0.25, 0.3) is 21.6 Å². The van der Waals surface area contributed by atoms with E-state index in [4.69, 9.17) is 10.5 Å². The molecule has 1 aliphatic heterocycles. The number of carbonyl (C=O) groups excluding carboxylic acids is 2. The van der Waals surface area contributed by atoms with Crippen molar-refractivity contribution in [1.82, 2.24) is 10.3 Å². The molecule has 1 saturated carbocycles. The van der Waals surface area contributed by atoms with Crippen LogP contribution in [-0.4, -0.2) is 40.5 Å². The number of amides is 2. The lowest BCUT2D eigenvalue weighted by atomic mass is 9.93. The van der Waals surface area contributed by atoms with Crippen LogP contribution in [0.3, 0.4) is 0 Å². The molecule has 0 atom stereocenters. The number of fused-ring (bicyclic) bond motifs is 3. The molecule has 2 aromatic carbocycles. The zero-order valence-corrected chi connectivity index (χ0v) is 26.9. The maximum Gasteiger partial charge on any atom is 0.355 e. The number of nitrogens with one attached hydrogen (secondary N) is 2. The number of nitrogens with zero attached hydrogens (tertiary/aromatic N) is 1. The maximum absolute atomic E-state index is 14.2. The van der Waals surface area contributed by atoms with Gasteiger partial charge < -0.3 is 26.2 Å². The number of hydrogen-bond acceptors (Lipinski definition) is 7. The molecular formula is C36H38N4O5S. The molecule has 2 aliphatic rings. The minimum Gasteiger partial charge on any atom is -0.493 e. The number of aromatic nitrogens is 1. The largest absolute Gasteiger partial charge is 0.493 e. The fourth-order valence-electron chi connectivity index (χ4n) is 6.53. The zero-order valence-electron chi connectivity index (χ0n) is 26.1. The first-order chi connectivity index (χ1) is 22.2. The lowest BCUT2D eigenvalue weighted by Crippen LogP contribution is -2.35. The quantitative estimate of drug-likeness (QED) is 0.161. The molecule has 2 aromatic heterocycles. The van der Waals surface area contributed by atoms with Gasteiger partial charge in [0.1, 0.15) is 11.4 Å². The van der Waals surface area contributed by atoms with Crippen LogP contribution in [0.5, 0.6) is 5.75 Å². The fourth-order valence-corrected chi connectivity index (χ4v) is 7.50. The topological polar surface area (TPSA) is 144 Å². The van der Waals surface area contributed by atoms with E-state index in [1.165, 1.54) is 6.07 Å². The molecule has 4 aromatic rings. The number of benzene rings is 2. The van der Waals surface area contributed by atoms with E-state index in [9.17, 15) is 19.5 Å². The molecule has 9 nitrogen and oxygen atoms in total. The first-order valence-corrected chi connectivity index (χ1v) is 16.7. The number of carbonyl (C=O) groups is 3. The monoisotopic (exact) mass is 638 g/mol. The highest BCUT2D eigenvalue weighted by Gasteiger charge is 2.27. The Morgan fingerprint density at radius 1 is 0.957 bits per heavy atom. The molecule has 2 amide bonds. The zero-order chi connectivity index (χ0) is 32.4. The van der Waals surface area contributed by atoms with Gasteiger partial charge in [-0.3, -0.25) is 9.59 Å². The third kappa shape index (κ3) is 6.41. The van der Waals surface area contributed by atoms with Gasteiger partial charge in [-0.1, -0.05) is 37.8 Å². The highest BCUT2D eigenvalue weighted by Crippen LogP contribution is 2.43.